The highest BCUT2D eigenvalue weighted by Gasteiger charge is 2.30. The topological polar surface area (TPSA) is 50.2 Å². The number of amides is 1. The molecule has 23 heavy (non-hydrogen) atoms. The Balaban J connectivity index is 1.52. The minimum absolute atomic E-state index is 0.151. The Morgan fingerprint density at radius 2 is 2.13 bits per heavy atom. The van der Waals surface area contributed by atoms with Crippen LogP contribution in [0.25, 0.3) is 0 Å². The normalized spacial score (nSPS) is 23.3. The van der Waals surface area contributed by atoms with Crippen LogP contribution < -0.4 is 5.32 Å². The van der Waals surface area contributed by atoms with Gasteiger partial charge in [0.15, 0.2) is 5.16 Å². The number of imidazole rings is 1. The second-order valence-electron chi connectivity index (χ2n) is 6.79. The summed E-state index contributed by atoms with van der Waals surface area (Å²) in [5.74, 6) is 0.359. The molecule has 2 aliphatic rings. The molecule has 3 rings (SSSR count). The summed E-state index contributed by atoms with van der Waals surface area (Å²) in [6.07, 6.45) is 11.4. The van der Waals surface area contributed by atoms with Gasteiger partial charge in [0, 0.05) is 19.6 Å². The summed E-state index contributed by atoms with van der Waals surface area (Å²) in [5, 5.41) is 4.11. The van der Waals surface area contributed by atoms with Crippen LogP contribution in [-0.2, 0) is 18.4 Å². The summed E-state index contributed by atoms with van der Waals surface area (Å²) in [5.41, 5.74) is 1.06. The maximum Gasteiger partial charge on any atom is 0.224 e. The van der Waals surface area contributed by atoms with E-state index in [1.54, 1.807) is 11.8 Å². The zero-order valence-electron chi connectivity index (χ0n) is 14.3. The highest BCUT2D eigenvalue weighted by molar-refractivity contribution is 7.98. The van der Waals surface area contributed by atoms with Crippen molar-refractivity contribution in [1.29, 1.82) is 0 Å². The van der Waals surface area contributed by atoms with Gasteiger partial charge in [-0.15, -0.1) is 0 Å². The predicted octanol–water partition coefficient (Wildman–Crippen LogP) is 2.41. The van der Waals surface area contributed by atoms with Crippen molar-refractivity contribution in [2.75, 3.05) is 19.3 Å². The van der Waals surface area contributed by atoms with Crippen molar-refractivity contribution >= 4 is 17.7 Å². The number of hydrogen-bond donors (Lipinski definition) is 1. The zero-order chi connectivity index (χ0) is 16.2. The third kappa shape index (κ3) is 3.91. The van der Waals surface area contributed by atoms with Gasteiger partial charge >= 0.3 is 0 Å². The Hall–Kier alpha value is -1.01. The highest BCUT2D eigenvalue weighted by Crippen LogP contribution is 2.28. The van der Waals surface area contributed by atoms with Crippen LogP contribution in [0.15, 0.2) is 11.4 Å². The smallest absolute Gasteiger partial charge is 0.224 e. The van der Waals surface area contributed by atoms with E-state index in [4.69, 9.17) is 0 Å². The van der Waals surface area contributed by atoms with E-state index in [1.165, 1.54) is 32.2 Å². The quantitative estimate of drug-likeness (QED) is 0.839. The Kier molecular flexibility index (Phi) is 5.64. The number of nitrogens with one attached hydrogen (secondary N) is 1. The SMILES string of the molecule is CSc1ncc(CNC(=O)C2CCCN(C3CCCC3)C2)n1C. The molecular weight excluding hydrogens is 308 g/mol. The van der Waals surface area contributed by atoms with Gasteiger partial charge < -0.3 is 9.88 Å². The molecule has 1 atom stereocenters. The van der Waals surface area contributed by atoms with Gasteiger partial charge in [-0.2, -0.15) is 0 Å². The van der Waals surface area contributed by atoms with Crippen molar-refractivity contribution in [1.82, 2.24) is 19.8 Å². The van der Waals surface area contributed by atoms with E-state index >= 15 is 0 Å². The molecule has 1 aromatic rings. The predicted molar refractivity (Wildman–Crippen MR) is 93.4 cm³/mol. The van der Waals surface area contributed by atoms with Crippen LogP contribution in [0.4, 0.5) is 0 Å². The number of thioether (sulfide) groups is 1. The lowest BCUT2D eigenvalue weighted by molar-refractivity contribution is -0.127. The molecule has 0 bridgehead atoms. The molecule has 1 N–H and O–H groups in total. The van der Waals surface area contributed by atoms with E-state index in [2.05, 4.69) is 19.8 Å². The van der Waals surface area contributed by atoms with Crippen molar-refractivity contribution in [3.8, 4) is 0 Å². The average Bonchev–Trinajstić information content (AvgIpc) is 3.23. The van der Waals surface area contributed by atoms with Crippen LogP contribution in [0.3, 0.4) is 0 Å². The van der Waals surface area contributed by atoms with Crippen molar-refractivity contribution in [3.63, 3.8) is 0 Å². The highest BCUT2D eigenvalue weighted by atomic mass is 32.2. The van der Waals surface area contributed by atoms with E-state index in [9.17, 15) is 4.79 Å². The fourth-order valence-corrected chi connectivity index (χ4v) is 4.47. The second kappa shape index (κ2) is 7.71. The molecule has 5 nitrogen and oxygen atoms in total. The van der Waals surface area contributed by atoms with Gasteiger partial charge in [-0.3, -0.25) is 9.69 Å². The minimum atomic E-state index is 0.151. The monoisotopic (exact) mass is 336 g/mol. The van der Waals surface area contributed by atoms with Crippen LogP contribution in [0, 0.1) is 5.92 Å². The lowest BCUT2D eigenvalue weighted by Gasteiger charge is -2.36. The Morgan fingerprint density at radius 3 is 2.83 bits per heavy atom. The van der Waals surface area contributed by atoms with Gasteiger partial charge in [0.25, 0.3) is 0 Å². The van der Waals surface area contributed by atoms with Crippen LogP contribution in [0.1, 0.15) is 44.2 Å². The minimum Gasteiger partial charge on any atom is -0.350 e. The standard InChI is InChI=1S/C17H28N4OS/c1-20-15(11-19-17(20)23-2)10-18-16(22)13-6-5-9-21(12-13)14-7-3-4-8-14/h11,13-14H,3-10,12H2,1-2H3,(H,18,22). The Labute approximate surface area is 143 Å². The number of likely N-dealkylation sites (tertiary alicyclic amines) is 1. The van der Waals surface area contributed by atoms with Crippen molar-refractivity contribution < 1.29 is 4.79 Å². The van der Waals surface area contributed by atoms with Gasteiger partial charge in [-0.1, -0.05) is 24.6 Å². The number of nitrogens with zero attached hydrogens (tertiary/aromatic N) is 3. The first kappa shape index (κ1) is 16.8. The fourth-order valence-electron chi connectivity index (χ4n) is 3.92. The second-order valence-corrected chi connectivity index (χ2v) is 7.56. The maximum atomic E-state index is 12.5. The molecule has 1 aromatic heterocycles. The summed E-state index contributed by atoms with van der Waals surface area (Å²) >= 11 is 1.63. The Bertz CT molecular complexity index is 539. The van der Waals surface area contributed by atoms with Crippen molar-refractivity contribution in [2.45, 2.75) is 56.3 Å². The third-order valence-electron chi connectivity index (χ3n) is 5.33. The zero-order valence-corrected chi connectivity index (χ0v) is 15.1. The molecule has 0 spiro atoms. The van der Waals surface area contributed by atoms with Gasteiger partial charge in [0.2, 0.25) is 5.91 Å². The molecular formula is C17H28N4OS. The Morgan fingerprint density at radius 1 is 1.35 bits per heavy atom. The number of hydrogen-bond acceptors (Lipinski definition) is 4. The molecule has 2 fully saturated rings. The molecule has 128 valence electrons. The summed E-state index contributed by atoms with van der Waals surface area (Å²) < 4.78 is 2.05. The van der Waals surface area contributed by atoms with Crippen LogP contribution in [0.5, 0.6) is 0 Å². The average molecular weight is 337 g/mol. The number of carbonyl (C=O) groups is 1. The molecule has 1 aliphatic heterocycles. The molecule has 1 saturated carbocycles. The lowest BCUT2D eigenvalue weighted by Crippen LogP contribution is -2.46. The van der Waals surface area contributed by atoms with Crippen molar-refractivity contribution in [3.05, 3.63) is 11.9 Å². The van der Waals surface area contributed by atoms with Crippen LogP contribution in [0.2, 0.25) is 0 Å². The first-order chi connectivity index (χ1) is 11.2. The number of rotatable bonds is 5. The van der Waals surface area contributed by atoms with Crippen molar-refractivity contribution in [2.24, 2.45) is 13.0 Å². The van der Waals surface area contributed by atoms with E-state index in [-0.39, 0.29) is 11.8 Å². The third-order valence-corrected chi connectivity index (χ3v) is 6.08. The number of carbonyl (C=O) groups excluding carboxylic acids is 1. The molecule has 2 heterocycles. The van der Waals surface area contributed by atoms with Crippen LogP contribution >= 0.6 is 11.8 Å². The first-order valence-corrected chi connectivity index (χ1v) is 9.98. The number of aromatic nitrogens is 2. The lowest BCUT2D eigenvalue weighted by atomic mass is 9.95. The largest absolute Gasteiger partial charge is 0.350 e. The van der Waals surface area contributed by atoms with E-state index in [0.717, 1.165) is 36.3 Å². The first-order valence-electron chi connectivity index (χ1n) is 8.75. The summed E-state index contributed by atoms with van der Waals surface area (Å²) in [4.78, 5) is 19.5. The van der Waals surface area contributed by atoms with Gasteiger partial charge in [0.05, 0.1) is 24.4 Å². The summed E-state index contributed by atoms with van der Waals surface area (Å²) in [6.45, 7) is 2.69. The van der Waals surface area contributed by atoms with Gasteiger partial charge in [-0.05, 0) is 38.5 Å². The molecule has 6 heteroatoms. The van der Waals surface area contributed by atoms with Gasteiger partial charge in [-0.25, -0.2) is 4.98 Å². The van der Waals surface area contributed by atoms with E-state index < -0.39 is 0 Å². The van der Waals surface area contributed by atoms with E-state index in [0.29, 0.717) is 6.54 Å². The van der Waals surface area contributed by atoms with E-state index in [1.807, 2.05) is 19.5 Å². The molecule has 0 aromatic carbocycles. The van der Waals surface area contributed by atoms with Crippen LogP contribution in [-0.4, -0.2) is 45.7 Å². The molecule has 1 amide bonds. The molecule has 0 radical (unpaired) electrons. The molecule has 1 unspecified atom stereocenters. The molecule has 1 saturated heterocycles. The summed E-state index contributed by atoms with van der Waals surface area (Å²) in [7, 11) is 2.00. The fraction of sp³-hybridized carbons (Fsp3) is 0.765. The maximum absolute atomic E-state index is 12.5. The van der Waals surface area contributed by atoms with Gasteiger partial charge in [0.1, 0.15) is 0 Å². The number of piperidine rings is 1. The molecule has 1 aliphatic carbocycles. The summed E-state index contributed by atoms with van der Waals surface area (Å²) in [6, 6.07) is 0.729.